The lowest BCUT2D eigenvalue weighted by molar-refractivity contribution is -0.111. The maximum atomic E-state index is 13.8. The number of halogens is 1. The van der Waals surface area contributed by atoms with Gasteiger partial charge in [0.15, 0.2) is 0 Å². The predicted molar refractivity (Wildman–Crippen MR) is 141 cm³/mol. The maximum Gasteiger partial charge on any atom is 0.247 e. The van der Waals surface area contributed by atoms with Gasteiger partial charge < -0.3 is 24.8 Å². The highest BCUT2D eigenvalue weighted by atomic mass is 19.1. The van der Waals surface area contributed by atoms with E-state index in [1.54, 1.807) is 12.4 Å². The van der Waals surface area contributed by atoms with Crippen LogP contribution >= 0.6 is 0 Å². The summed E-state index contributed by atoms with van der Waals surface area (Å²) in [6.07, 6.45) is 4.86. The Hall–Kier alpha value is -4.17. The molecular formula is C27H29FN6O. The lowest BCUT2D eigenvalue weighted by Gasteiger charge is -2.24. The van der Waals surface area contributed by atoms with Gasteiger partial charge in [-0.3, -0.25) is 4.79 Å². The van der Waals surface area contributed by atoms with Crippen molar-refractivity contribution in [3.63, 3.8) is 0 Å². The minimum absolute atomic E-state index is 0.279. The summed E-state index contributed by atoms with van der Waals surface area (Å²) in [5.41, 5.74) is 4.94. The van der Waals surface area contributed by atoms with Crippen LogP contribution in [0, 0.1) is 5.82 Å². The lowest BCUT2D eigenvalue weighted by Crippen LogP contribution is -2.29. The summed E-state index contributed by atoms with van der Waals surface area (Å²) in [6.45, 7) is 5.23. The van der Waals surface area contributed by atoms with Gasteiger partial charge in [-0.2, -0.15) is 0 Å². The van der Waals surface area contributed by atoms with E-state index in [2.05, 4.69) is 32.0 Å². The Labute approximate surface area is 204 Å². The molecule has 7 nitrogen and oxygen atoms in total. The number of amides is 1. The Morgan fingerprint density at radius 3 is 2.69 bits per heavy atom. The Balaban J connectivity index is 1.64. The molecule has 0 spiro atoms. The van der Waals surface area contributed by atoms with Gasteiger partial charge in [-0.1, -0.05) is 18.7 Å². The number of nitrogens with one attached hydrogen (secondary N) is 2. The fourth-order valence-electron chi connectivity index (χ4n) is 3.82. The fraction of sp³-hybridized carbons (Fsp3) is 0.185. The molecule has 2 aromatic carbocycles. The summed E-state index contributed by atoms with van der Waals surface area (Å²) in [5, 5.41) is 6.23. The van der Waals surface area contributed by atoms with Crippen LogP contribution < -0.4 is 15.5 Å². The van der Waals surface area contributed by atoms with Crippen LogP contribution in [0.25, 0.3) is 16.6 Å². The summed E-state index contributed by atoms with van der Waals surface area (Å²) < 4.78 is 15.7. The Kier molecular flexibility index (Phi) is 7.12. The third kappa shape index (κ3) is 5.67. The number of hydrogen-bond acceptors (Lipinski definition) is 5. The average molecular weight is 473 g/mol. The molecule has 0 fully saturated rings. The third-order valence-electron chi connectivity index (χ3n) is 5.69. The summed E-state index contributed by atoms with van der Waals surface area (Å²) in [6, 6.07) is 16.2. The molecule has 0 unspecified atom stereocenters. The van der Waals surface area contributed by atoms with Gasteiger partial charge in [0, 0.05) is 43.7 Å². The van der Waals surface area contributed by atoms with Crippen molar-refractivity contribution in [3.8, 4) is 11.1 Å². The highest BCUT2D eigenvalue weighted by Gasteiger charge is 2.12. The van der Waals surface area contributed by atoms with Crippen molar-refractivity contribution in [2.75, 3.05) is 49.8 Å². The molecule has 35 heavy (non-hydrogen) atoms. The normalized spacial score (nSPS) is 11.0. The third-order valence-corrected chi connectivity index (χ3v) is 5.69. The van der Waals surface area contributed by atoms with Crippen LogP contribution in [-0.2, 0) is 4.79 Å². The number of benzene rings is 2. The van der Waals surface area contributed by atoms with Crippen LogP contribution in [0.3, 0.4) is 0 Å². The van der Waals surface area contributed by atoms with Gasteiger partial charge in [0.2, 0.25) is 5.91 Å². The van der Waals surface area contributed by atoms with E-state index in [0.29, 0.717) is 11.5 Å². The average Bonchev–Trinajstić information content (AvgIpc) is 3.26. The Morgan fingerprint density at radius 1 is 1.11 bits per heavy atom. The Morgan fingerprint density at radius 2 is 1.94 bits per heavy atom. The number of anilines is 4. The first-order valence-electron chi connectivity index (χ1n) is 11.3. The molecule has 0 aliphatic carbocycles. The highest BCUT2D eigenvalue weighted by molar-refractivity contribution is 6.01. The van der Waals surface area contributed by atoms with Crippen molar-refractivity contribution in [1.82, 2.24) is 14.3 Å². The van der Waals surface area contributed by atoms with Gasteiger partial charge >= 0.3 is 0 Å². The number of carbonyl (C=O) groups excluding carboxylic acids is 1. The standard InChI is InChI=1S/C27H29FN6O/c1-5-27(35)31-23-16-21(9-10-24(23)33(4)14-13-32(2)3)30-26-17-25-22(11-12-34(25)18-29-26)19-7-6-8-20(28)15-19/h5-12,15-18,30H,1,13-14H2,2-4H3,(H,31,35). The van der Waals surface area contributed by atoms with E-state index in [-0.39, 0.29) is 11.7 Å². The van der Waals surface area contributed by atoms with E-state index in [4.69, 9.17) is 0 Å². The second-order valence-corrected chi connectivity index (χ2v) is 8.58. The molecule has 0 bridgehead atoms. The molecule has 0 aliphatic rings. The van der Waals surface area contributed by atoms with E-state index in [0.717, 1.165) is 41.1 Å². The molecule has 180 valence electrons. The van der Waals surface area contributed by atoms with Gasteiger partial charge in [0.05, 0.1) is 16.9 Å². The lowest BCUT2D eigenvalue weighted by atomic mass is 10.1. The van der Waals surface area contributed by atoms with Gasteiger partial charge in [-0.05, 0) is 62.1 Å². The zero-order valence-corrected chi connectivity index (χ0v) is 20.1. The molecule has 0 saturated heterocycles. The number of aromatic nitrogens is 2. The van der Waals surface area contributed by atoms with E-state index < -0.39 is 0 Å². The molecule has 0 saturated carbocycles. The molecule has 2 heterocycles. The van der Waals surface area contributed by atoms with Crippen LogP contribution in [0.1, 0.15) is 0 Å². The first-order valence-corrected chi connectivity index (χ1v) is 11.3. The van der Waals surface area contributed by atoms with Crippen molar-refractivity contribution >= 4 is 34.3 Å². The monoisotopic (exact) mass is 472 g/mol. The second kappa shape index (κ2) is 10.4. The minimum atomic E-state index is -0.281. The van der Waals surface area contributed by atoms with Crippen molar-refractivity contribution in [2.24, 2.45) is 0 Å². The molecule has 4 aromatic rings. The maximum absolute atomic E-state index is 13.8. The van der Waals surface area contributed by atoms with Gasteiger partial charge in [0.25, 0.3) is 0 Å². The zero-order valence-electron chi connectivity index (χ0n) is 20.1. The van der Waals surface area contributed by atoms with Crippen LogP contribution in [0.4, 0.5) is 27.3 Å². The highest BCUT2D eigenvalue weighted by Crippen LogP contribution is 2.31. The Bertz CT molecular complexity index is 1360. The first kappa shape index (κ1) is 24.0. The fourth-order valence-corrected chi connectivity index (χ4v) is 3.82. The summed E-state index contributed by atoms with van der Waals surface area (Å²) >= 11 is 0. The number of hydrogen-bond donors (Lipinski definition) is 2. The van der Waals surface area contributed by atoms with Crippen molar-refractivity contribution in [1.29, 1.82) is 0 Å². The molecule has 1 amide bonds. The molecule has 2 aromatic heterocycles. The minimum Gasteiger partial charge on any atom is -0.372 e. The second-order valence-electron chi connectivity index (χ2n) is 8.58. The number of rotatable bonds is 9. The molecular weight excluding hydrogens is 443 g/mol. The van der Waals surface area contributed by atoms with Crippen LogP contribution in [0.5, 0.6) is 0 Å². The SMILES string of the molecule is C=CC(=O)Nc1cc(Nc2cc3c(-c4cccc(F)c4)ccn3cn2)ccc1N(C)CCN(C)C. The van der Waals surface area contributed by atoms with Gasteiger partial charge in [-0.15, -0.1) is 0 Å². The van der Waals surface area contributed by atoms with E-state index in [1.165, 1.54) is 18.2 Å². The van der Waals surface area contributed by atoms with Crippen LogP contribution in [-0.4, -0.2) is 54.4 Å². The van der Waals surface area contributed by atoms with E-state index >= 15 is 0 Å². The molecule has 0 atom stereocenters. The van der Waals surface area contributed by atoms with Crippen LogP contribution in [0.15, 0.2) is 79.8 Å². The number of nitrogens with zero attached hydrogens (tertiary/aromatic N) is 4. The number of fused-ring (bicyclic) bond motifs is 1. The number of likely N-dealkylation sites (N-methyl/N-ethyl adjacent to an activating group) is 2. The number of carbonyl (C=O) groups is 1. The van der Waals surface area contributed by atoms with Gasteiger partial charge in [-0.25, -0.2) is 9.37 Å². The van der Waals surface area contributed by atoms with Crippen molar-refractivity contribution in [2.45, 2.75) is 0 Å². The smallest absolute Gasteiger partial charge is 0.247 e. The van der Waals surface area contributed by atoms with Crippen LogP contribution in [0.2, 0.25) is 0 Å². The molecule has 2 N–H and O–H groups in total. The van der Waals surface area contributed by atoms with E-state index in [9.17, 15) is 9.18 Å². The van der Waals surface area contributed by atoms with Crippen molar-refractivity contribution < 1.29 is 9.18 Å². The molecule has 8 heteroatoms. The molecule has 4 rings (SSSR count). The van der Waals surface area contributed by atoms with Gasteiger partial charge in [0.1, 0.15) is 18.0 Å². The topological polar surface area (TPSA) is 64.9 Å². The molecule has 0 aliphatic heterocycles. The molecule has 0 radical (unpaired) electrons. The predicted octanol–water partition coefficient (Wildman–Crippen LogP) is 5.01. The first-order chi connectivity index (χ1) is 16.8. The summed E-state index contributed by atoms with van der Waals surface area (Å²) in [4.78, 5) is 20.8. The zero-order chi connectivity index (χ0) is 24.9. The summed E-state index contributed by atoms with van der Waals surface area (Å²) in [7, 11) is 6.04. The van der Waals surface area contributed by atoms with Crippen molar-refractivity contribution in [3.05, 3.63) is 85.6 Å². The van der Waals surface area contributed by atoms with E-state index in [1.807, 2.05) is 68.1 Å². The largest absolute Gasteiger partial charge is 0.372 e. The summed E-state index contributed by atoms with van der Waals surface area (Å²) in [5.74, 6) is 0.0689. The quantitative estimate of drug-likeness (QED) is 0.336.